The zero-order valence-electron chi connectivity index (χ0n) is 18.7. The molecule has 162 valence electrons. The molecule has 3 aliphatic carbocycles. The Kier molecular flexibility index (Phi) is 4.75. The third-order valence-electron chi connectivity index (χ3n) is 9.70. The summed E-state index contributed by atoms with van der Waals surface area (Å²) in [5.41, 5.74) is 1.37. The van der Waals surface area contributed by atoms with E-state index in [1.165, 1.54) is 19.3 Å². The second-order valence-corrected chi connectivity index (χ2v) is 11.1. The van der Waals surface area contributed by atoms with E-state index in [1.807, 2.05) is 37.4 Å². The van der Waals surface area contributed by atoms with Gasteiger partial charge in [-0.2, -0.15) is 0 Å². The lowest BCUT2D eigenvalue weighted by molar-refractivity contribution is -0.156. The first-order valence-electron chi connectivity index (χ1n) is 11.9. The summed E-state index contributed by atoms with van der Waals surface area (Å²) in [4.78, 5) is 27.2. The number of carbonyl (C=O) groups excluding carboxylic acids is 2. The summed E-state index contributed by atoms with van der Waals surface area (Å²) in [6.45, 7) is 4.96. The van der Waals surface area contributed by atoms with Crippen LogP contribution in [0.15, 0.2) is 30.3 Å². The predicted octanol–water partition coefficient (Wildman–Crippen LogP) is 4.65. The minimum Gasteiger partial charge on any atom is -0.349 e. The van der Waals surface area contributed by atoms with Crippen LogP contribution in [0, 0.1) is 28.6 Å². The molecule has 1 heterocycles. The fourth-order valence-electron chi connectivity index (χ4n) is 8.18. The predicted molar refractivity (Wildman–Crippen MR) is 118 cm³/mol. The molecule has 1 N–H and O–H groups in total. The average Bonchev–Trinajstić information content (AvgIpc) is 3.08. The van der Waals surface area contributed by atoms with Crippen molar-refractivity contribution in [1.82, 2.24) is 10.2 Å². The first kappa shape index (κ1) is 20.1. The molecule has 1 aliphatic heterocycles. The second-order valence-electron chi connectivity index (χ2n) is 11.1. The van der Waals surface area contributed by atoms with Crippen LogP contribution in [0.4, 0.5) is 0 Å². The lowest BCUT2D eigenvalue weighted by Crippen LogP contribution is -2.61. The highest BCUT2D eigenvalue weighted by Crippen LogP contribution is 2.64. The first-order chi connectivity index (χ1) is 14.3. The minimum atomic E-state index is 0.0717. The number of likely N-dealkylation sites (tertiary alicyclic amines) is 1. The van der Waals surface area contributed by atoms with Crippen molar-refractivity contribution < 1.29 is 9.59 Å². The Morgan fingerprint density at radius 2 is 1.83 bits per heavy atom. The quantitative estimate of drug-likeness (QED) is 0.774. The number of benzene rings is 1. The van der Waals surface area contributed by atoms with Crippen molar-refractivity contribution in [3.63, 3.8) is 0 Å². The lowest BCUT2D eigenvalue weighted by atomic mass is 9.47. The zero-order valence-corrected chi connectivity index (χ0v) is 18.7. The summed E-state index contributed by atoms with van der Waals surface area (Å²) < 4.78 is 0. The maximum absolute atomic E-state index is 12.8. The number of nitrogens with one attached hydrogen (secondary N) is 1. The molecule has 0 bridgehead atoms. The van der Waals surface area contributed by atoms with Gasteiger partial charge >= 0.3 is 0 Å². The molecular weight excluding hydrogens is 372 g/mol. The Balaban J connectivity index is 1.34. The third-order valence-corrected chi connectivity index (χ3v) is 9.70. The molecule has 4 heteroatoms. The minimum absolute atomic E-state index is 0.0717. The normalized spacial score (nSPS) is 42.8. The van der Waals surface area contributed by atoms with E-state index in [9.17, 15) is 9.59 Å². The molecule has 1 aromatic carbocycles. The molecule has 0 unspecified atom stereocenters. The van der Waals surface area contributed by atoms with Gasteiger partial charge in [0, 0.05) is 31.1 Å². The van der Waals surface area contributed by atoms with Crippen molar-refractivity contribution in [3.05, 3.63) is 35.9 Å². The lowest BCUT2D eigenvalue weighted by Gasteiger charge is -2.61. The summed E-state index contributed by atoms with van der Waals surface area (Å²) in [6.07, 6.45) is 8.92. The molecule has 30 heavy (non-hydrogen) atoms. The number of fused-ring (bicyclic) bond motifs is 5. The molecule has 4 nitrogen and oxygen atoms in total. The Morgan fingerprint density at radius 1 is 1.07 bits per heavy atom. The summed E-state index contributed by atoms with van der Waals surface area (Å²) in [6, 6.07) is 10.3. The van der Waals surface area contributed by atoms with Gasteiger partial charge in [0.2, 0.25) is 5.91 Å². The third kappa shape index (κ3) is 3.01. The number of rotatable bonds is 2. The van der Waals surface area contributed by atoms with E-state index >= 15 is 0 Å². The van der Waals surface area contributed by atoms with Crippen molar-refractivity contribution in [3.8, 4) is 0 Å². The van der Waals surface area contributed by atoms with Crippen LogP contribution in [0.2, 0.25) is 0 Å². The highest BCUT2D eigenvalue weighted by molar-refractivity contribution is 5.94. The van der Waals surface area contributed by atoms with Crippen molar-refractivity contribution >= 4 is 11.8 Å². The van der Waals surface area contributed by atoms with Gasteiger partial charge in [0.05, 0.1) is 0 Å². The van der Waals surface area contributed by atoms with Crippen LogP contribution >= 0.6 is 0 Å². The number of piperidine rings is 1. The van der Waals surface area contributed by atoms with E-state index in [0.717, 1.165) is 37.2 Å². The van der Waals surface area contributed by atoms with Gasteiger partial charge in [0.15, 0.2) is 0 Å². The molecule has 0 spiro atoms. The molecule has 0 aromatic heterocycles. The number of carbonyl (C=O) groups is 2. The summed E-state index contributed by atoms with van der Waals surface area (Å²) >= 11 is 0. The second kappa shape index (κ2) is 7.10. The molecule has 1 saturated heterocycles. The number of amides is 2. The van der Waals surface area contributed by atoms with Gasteiger partial charge in [0.1, 0.15) is 0 Å². The molecule has 5 rings (SSSR count). The number of hydrogen-bond acceptors (Lipinski definition) is 2. The smallest absolute Gasteiger partial charge is 0.251 e. The van der Waals surface area contributed by atoms with Crippen molar-refractivity contribution in [1.29, 1.82) is 0 Å². The van der Waals surface area contributed by atoms with Crippen LogP contribution in [0.3, 0.4) is 0 Å². The van der Waals surface area contributed by atoms with Crippen LogP contribution in [0.1, 0.15) is 75.6 Å². The summed E-state index contributed by atoms with van der Waals surface area (Å²) in [5, 5.41) is 3.36. The van der Waals surface area contributed by atoms with E-state index in [1.54, 1.807) is 0 Å². The van der Waals surface area contributed by atoms with Gasteiger partial charge in [-0.3, -0.25) is 9.59 Å². The largest absolute Gasteiger partial charge is 0.349 e. The molecule has 1 aromatic rings. The fourth-order valence-corrected chi connectivity index (χ4v) is 8.18. The van der Waals surface area contributed by atoms with Crippen molar-refractivity contribution in [2.45, 2.75) is 77.3 Å². The SMILES string of the molecule is CN1C(=O)CC[C@]2(C)[C@H]3CC[C@]4(C)C[C@@H](NC(=O)c5ccccc5)C[C@H]4[C@@H]3CC[C@@H]12. The molecule has 2 amide bonds. The molecule has 4 fully saturated rings. The van der Waals surface area contributed by atoms with E-state index in [2.05, 4.69) is 24.1 Å². The van der Waals surface area contributed by atoms with Crippen LogP contribution in [0.5, 0.6) is 0 Å². The Labute approximate surface area is 180 Å². The standard InChI is InChI=1S/C26H36N2O2/c1-25-13-11-20-19(9-10-22-26(20,2)14-12-23(29)28(22)3)21(25)15-18(16-25)27-24(30)17-7-5-4-6-8-17/h4-8,18-22H,9-16H2,1-3H3,(H,27,30)/t18-,19+,20-,21-,22+,25+,26+/m0/s1. The molecular formula is C26H36N2O2. The van der Waals surface area contributed by atoms with Gasteiger partial charge in [-0.15, -0.1) is 0 Å². The van der Waals surface area contributed by atoms with Crippen LogP contribution in [-0.2, 0) is 4.79 Å². The highest BCUT2D eigenvalue weighted by Gasteiger charge is 2.60. The Hall–Kier alpha value is -1.84. The van der Waals surface area contributed by atoms with E-state index in [4.69, 9.17) is 0 Å². The van der Waals surface area contributed by atoms with E-state index < -0.39 is 0 Å². The monoisotopic (exact) mass is 408 g/mol. The van der Waals surface area contributed by atoms with Crippen molar-refractivity contribution in [2.75, 3.05) is 7.05 Å². The molecule has 4 aliphatic rings. The first-order valence-corrected chi connectivity index (χ1v) is 11.9. The van der Waals surface area contributed by atoms with E-state index in [-0.39, 0.29) is 17.4 Å². The zero-order chi connectivity index (χ0) is 21.1. The van der Waals surface area contributed by atoms with Gasteiger partial charge < -0.3 is 10.2 Å². The summed E-state index contributed by atoms with van der Waals surface area (Å²) in [5.74, 6) is 2.56. The van der Waals surface area contributed by atoms with Crippen LogP contribution in [-0.4, -0.2) is 35.8 Å². The fraction of sp³-hybridized carbons (Fsp3) is 0.692. The topological polar surface area (TPSA) is 49.4 Å². The highest BCUT2D eigenvalue weighted by atomic mass is 16.2. The van der Waals surface area contributed by atoms with E-state index in [0.29, 0.717) is 35.6 Å². The molecule has 0 radical (unpaired) electrons. The van der Waals surface area contributed by atoms with Crippen LogP contribution in [0.25, 0.3) is 0 Å². The van der Waals surface area contributed by atoms with Gasteiger partial charge in [-0.1, -0.05) is 32.0 Å². The van der Waals surface area contributed by atoms with Gasteiger partial charge in [0.25, 0.3) is 5.91 Å². The Bertz CT molecular complexity index is 839. The maximum atomic E-state index is 12.8. The number of hydrogen-bond donors (Lipinski definition) is 1. The Morgan fingerprint density at radius 3 is 2.60 bits per heavy atom. The van der Waals surface area contributed by atoms with Gasteiger partial charge in [-0.25, -0.2) is 0 Å². The maximum Gasteiger partial charge on any atom is 0.251 e. The average molecular weight is 409 g/mol. The summed E-state index contributed by atoms with van der Waals surface area (Å²) in [7, 11) is 2.03. The molecule has 3 saturated carbocycles. The van der Waals surface area contributed by atoms with Gasteiger partial charge in [-0.05, 0) is 85.7 Å². The molecule has 7 atom stereocenters. The number of nitrogens with zero attached hydrogens (tertiary/aromatic N) is 1. The van der Waals surface area contributed by atoms with Crippen molar-refractivity contribution in [2.24, 2.45) is 28.6 Å². The van der Waals surface area contributed by atoms with Crippen LogP contribution < -0.4 is 5.32 Å².